The van der Waals surface area contributed by atoms with E-state index in [0.717, 1.165) is 12.8 Å². The topological polar surface area (TPSA) is 75.7 Å². The fraction of sp³-hybridized carbons (Fsp3) is 0.400. The fourth-order valence-electron chi connectivity index (χ4n) is 2.26. The molecule has 0 saturated carbocycles. The van der Waals surface area contributed by atoms with Gasteiger partial charge in [-0.3, -0.25) is 19.3 Å². The number of amides is 3. The van der Waals surface area contributed by atoms with Crippen LogP contribution in [0.4, 0.5) is 0 Å². The molecule has 0 radical (unpaired) electrons. The standard InChI is InChI=1S/C15H18N2O4/c18-11-16-13-8-4-5-9-17(15(13)20)14(19)10-21-12-6-2-1-3-7-12/h1-3,6-7,11,13H,4-5,8-10H2,(H,16,18)/t13-/m0/s1. The van der Waals surface area contributed by atoms with E-state index in [9.17, 15) is 14.4 Å². The lowest BCUT2D eigenvalue weighted by Gasteiger charge is -2.22. The van der Waals surface area contributed by atoms with Crippen molar-refractivity contribution in [3.8, 4) is 5.75 Å². The predicted octanol–water partition coefficient (Wildman–Crippen LogP) is 0.719. The molecule has 2 rings (SSSR count). The molecule has 1 aromatic carbocycles. The van der Waals surface area contributed by atoms with Crippen LogP contribution < -0.4 is 10.1 Å². The number of carbonyl (C=O) groups excluding carboxylic acids is 3. The average molecular weight is 290 g/mol. The predicted molar refractivity (Wildman–Crippen MR) is 75.5 cm³/mol. The average Bonchev–Trinajstić information content (AvgIpc) is 2.69. The number of para-hydroxylation sites is 1. The van der Waals surface area contributed by atoms with Gasteiger partial charge < -0.3 is 10.1 Å². The summed E-state index contributed by atoms with van der Waals surface area (Å²) >= 11 is 0. The summed E-state index contributed by atoms with van der Waals surface area (Å²) in [6.07, 6.45) is 2.58. The van der Waals surface area contributed by atoms with Crippen LogP contribution in [0, 0.1) is 0 Å². The molecule has 1 saturated heterocycles. The lowest BCUT2D eigenvalue weighted by atomic mass is 10.1. The molecule has 1 aromatic rings. The summed E-state index contributed by atoms with van der Waals surface area (Å²) in [5.74, 6) is -0.166. The highest BCUT2D eigenvalue weighted by Crippen LogP contribution is 2.13. The Bertz CT molecular complexity index is 504. The molecule has 1 aliphatic rings. The van der Waals surface area contributed by atoms with E-state index in [1.807, 2.05) is 6.07 Å². The number of ether oxygens (including phenoxy) is 1. The molecular formula is C15H18N2O4. The number of hydrogen-bond acceptors (Lipinski definition) is 4. The lowest BCUT2D eigenvalue weighted by Crippen LogP contribution is -2.48. The van der Waals surface area contributed by atoms with Crippen LogP contribution in [0.1, 0.15) is 19.3 Å². The third kappa shape index (κ3) is 4.05. The first-order valence-electron chi connectivity index (χ1n) is 6.94. The monoisotopic (exact) mass is 290 g/mol. The van der Waals surface area contributed by atoms with Gasteiger partial charge in [-0.2, -0.15) is 0 Å². The fourth-order valence-corrected chi connectivity index (χ4v) is 2.26. The Balaban J connectivity index is 1.96. The van der Waals surface area contributed by atoms with E-state index < -0.39 is 6.04 Å². The molecule has 0 unspecified atom stereocenters. The molecule has 0 aromatic heterocycles. The highest BCUT2D eigenvalue weighted by atomic mass is 16.5. The molecular weight excluding hydrogens is 272 g/mol. The number of nitrogens with one attached hydrogen (secondary N) is 1. The third-order valence-electron chi connectivity index (χ3n) is 3.36. The van der Waals surface area contributed by atoms with Crippen molar-refractivity contribution in [1.29, 1.82) is 0 Å². The second kappa shape index (κ2) is 7.42. The third-order valence-corrected chi connectivity index (χ3v) is 3.36. The van der Waals surface area contributed by atoms with Crippen LogP contribution in [-0.4, -0.2) is 42.3 Å². The normalized spacial score (nSPS) is 18.8. The van der Waals surface area contributed by atoms with Crippen molar-refractivity contribution in [3.05, 3.63) is 30.3 Å². The molecule has 1 N–H and O–H groups in total. The molecule has 112 valence electrons. The Labute approximate surface area is 123 Å². The van der Waals surface area contributed by atoms with E-state index in [4.69, 9.17) is 4.74 Å². The summed E-state index contributed by atoms with van der Waals surface area (Å²) < 4.78 is 5.37. The second-order valence-corrected chi connectivity index (χ2v) is 4.82. The summed E-state index contributed by atoms with van der Waals surface area (Å²) in [6, 6.07) is 8.33. The minimum absolute atomic E-state index is 0.191. The zero-order valence-corrected chi connectivity index (χ0v) is 11.7. The minimum atomic E-state index is -0.620. The number of imide groups is 1. The van der Waals surface area contributed by atoms with Crippen LogP contribution in [-0.2, 0) is 14.4 Å². The SMILES string of the molecule is O=CN[C@H]1CCCCN(C(=O)COc2ccccc2)C1=O. The zero-order chi connectivity index (χ0) is 15.1. The van der Waals surface area contributed by atoms with Gasteiger partial charge >= 0.3 is 0 Å². The Morgan fingerprint density at radius 1 is 1.33 bits per heavy atom. The van der Waals surface area contributed by atoms with Crippen molar-refractivity contribution in [2.45, 2.75) is 25.3 Å². The summed E-state index contributed by atoms with van der Waals surface area (Å²) in [4.78, 5) is 36.1. The van der Waals surface area contributed by atoms with Crippen LogP contribution in [0.2, 0.25) is 0 Å². The molecule has 1 fully saturated rings. The number of nitrogens with zero attached hydrogens (tertiary/aromatic N) is 1. The van der Waals surface area contributed by atoms with E-state index >= 15 is 0 Å². The largest absolute Gasteiger partial charge is 0.484 e. The Kier molecular flexibility index (Phi) is 5.31. The Morgan fingerprint density at radius 2 is 2.10 bits per heavy atom. The van der Waals surface area contributed by atoms with Gasteiger partial charge in [0.15, 0.2) is 6.61 Å². The molecule has 0 bridgehead atoms. The van der Waals surface area contributed by atoms with Crippen LogP contribution in [0.25, 0.3) is 0 Å². The van der Waals surface area contributed by atoms with Gasteiger partial charge in [-0.05, 0) is 31.4 Å². The van der Waals surface area contributed by atoms with Crippen LogP contribution in [0.5, 0.6) is 5.75 Å². The van der Waals surface area contributed by atoms with Gasteiger partial charge in [-0.25, -0.2) is 0 Å². The van der Waals surface area contributed by atoms with Crippen LogP contribution >= 0.6 is 0 Å². The van der Waals surface area contributed by atoms with Gasteiger partial charge in [-0.15, -0.1) is 0 Å². The van der Waals surface area contributed by atoms with Gasteiger partial charge in [-0.1, -0.05) is 18.2 Å². The number of rotatable bonds is 5. The summed E-state index contributed by atoms with van der Waals surface area (Å²) in [5, 5.41) is 2.47. The molecule has 1 aliphatic heterocycles. The molecule has 1 atom stereocenters. The van der Waals surface area contributed by atoms with Gasteiger partial charge in [0.2, 0.25) is 6.41 Å². The minimum Gasteiger partial charge on any atom is -0.484 e. The lowest BCUT2D eigenvalue weighted by molar-refractivity contribution is -0.147. The van der Waals surface area contributed by atoms with Gasteiger partial charge in [0, 0.05) is 6.54 Å². The molecule has 6 nitrogen and oxygen atoms in total. The highest BCUT2D eigenvalue weighted by molar-refractivity contribution is 5.99. The van der Waals surface area contributed by atoms with Crippen LogP contribution in [0.15, 0.2) is 30.3 Å². The first-order valence-corrected chi connectivity index (χ1v) is 6.94. The maximum absolute atomic E-state index is 12.2. The van der Waals surface area contributed by atoms with Gasteiger partial charge in [0.05, 0.1) is 0 Å². The Morgan fingerprint density at radius 3 is 2.81 bits per heavy atom. The van der Waals surface area contributed by atoms with Crippen molar-refractivity contribution < 1.29 is 19.1 Å². The summed E-state index contributed by atoms with van der Waals surface area (Å²) in [6.45, 7) is 0.177. The van der Waals surface area contributed by atoms with E-state index in [1.54, 1.807) is 24.3 Å². The second-order valence-electron chi connectivity index (χ2n) is 4.82. The van der Waals surface area contributed by atoms with Crippen molar-refractivity contribution in [2.75, 3.05) is 13.2 Å². The maximum atomic E-state index is 12.2. The smallest absolute Gasteiger partial charge is 0.267 e. The molecule has 21 heavy (non-hydrogen) atoms. The van der Waals surface area contributed by atoms with Gasteiger partial charge in [0.1, 0.15) is 11.8 Å². The summed E-state index contributed by atoms with van der Waals surface area (Å²) in [7, 11) is 0. The first-order chi connectivity index (χ1) is 10.2. The maximum Gasteiger partial charge on any atom is 0.267 e. The van der Waals surface area contributed by atoms with Gasteiger partial charge in [0.25, 0.3) is 11.8 Å². The van der Waals surface area contributed by atoms with Crippen LogP contribution in [0.3, 0.4) is 0 Å². The quantitative estimate of drug-likeness (QED) is 0.811. The van der Waals surface area contributed by atoms with E-state index in [0.29, 0.717) is 25.1 Å². The van der Waals surface area contributed by atoms with Crippen molar-refractivity contribution in [2.24, 2.45) is 0 Å². The Hall–Kier alpha value is -2.37. The highest BCUT2D eigenvalue weighted by Gasteiger charge is 2.30. The molecule has 0 aliphatic carbocycles. The van der Waals surface area contributed by atoms with Crippen molar-refractivity contribution in [3.63, 3.8) is 0 Å². The molecule has 3 amide bonds. The van der Waals surface area contributed by atoms with E-state index in [1.165, 1.54) is 4.90 Å². The van der Waals surface area contributed by atoms with Crippen molar-refractivity contribution in [1.82, 2.24) is 10.2 Å². The van der Waals surface area contributed by atoms with Crippen molar-refractivity contribution >= 4 is 18.2 Å². The van der Waals surface area contributed by atoms with E-state index in [2.05, 4.69) is 5.32 Å². The zero-order valence-electron chi connectivity index (χ0n) is 11.7. The summed E-state index contributed by atoms with van der Waals surface area (Å²) in [5.41, 5.74) is 0. The number of benzene rings is 1. The number of hydrogen-bond donors (Lipinski definition) is 1. The molecule has 6 heteroatoms. The first kappa shape index (κ1) is 15.0. The number of likely N-dealkylation sites (tertiary alicyclic amines) is 1. The molecule has 0 spiro atoms. The van der Waals surface area contributed by atoms with E-state index in [-0.39, 0.29) is 18.4 Å². The molecule has 1 heterocycles. The number of carbonyl (C=O) groups is 3.